The molecule has 1 fully saturated rings. The van der Waals surface area contributed by atoms with E-state index < -0.39 is 0 Å². The van der Waals surface area contributed by atoms with Gasteiger partial charge in [-0.15, -0.1) is 0 Å². The van der Waals surface area contributed by atoms with Crippen LogP contribution in [-0.2, 0) is 17.9 Å². The lowest BCUT2D eigenvalue weighted by Crippen LogP contribution is -2.41. The van der Waals surface area contributed by atoms with Crippen LogP contribution in [0.4, 0.5) is 0 Å². The Balaban J connectivity index is 1.45. The average molecular weight is 374 g/mol. The summed E-state index contributed by atoms with van der Waals surface area (Å²) in [5, 5.41) is 9.08. The highest BCUT2D eigenvalue weighted by molar-refractivity contribution is 5.85. The number of likely N-dealkylation sites (N-methyl/N-ethyl adjacent to an activating group) is 1. The van der Waals surface area contributed by atoms with E-state index in [1.807, 2.05) is 6.07 Å². The number of rotatable bonds is 6. The Morgan fingerprint density at radius 3 is 2.57 bits per heavy atom. The van der Waals surface area contributed by atoms with Gasteiger partial charge in [-0.25, -0.2) is 0 Å². The third-order valence-corrected chi connectivity index (χ3v) is 5.64. The molecular formula is C24H27N3O. The van der Waals surface area contributed by atoms with Gasteiger partial charge in [0, 0.05) is 32.7 Å². The maximum atomic E-state index is 12.4. The van der Waals surface area contributed by atoms with E-state index in [-0.39, 0.29) is 11.9 Å². The van der Waals surface area contributed by atoms with Crippen molar-refractivity contribution < 1.29 is 4.79 Å². The largest absolute Gasteiger partial charge is 0.358 e. The molecule has 2 atom stereocenters. The van der Waals surface area contributed by atoms with E-state index in [1.54, 1.807) is 7.05 Å². The van der Waals surface area contributed by atoms with Crippen molar-refractivity contribution in [1.82, 2.24) is 15.5 Å². The van der Waals surface area contributed by atoms with Gasteiger partial charge in [-0.1, -0.05) is 72.8 Å². The van der Waals surface area contributed by atoms with Crippen molar-refractivity contribution in [2.45, 2.75) is 31.6 Å². The molecule has 144 valence electrons. The van der Waals surface area contributed by atoms with Gasteiger partial charge in [0.25, 0.3) is 0 Å². The number of fused-ring (bicyclic) bond motifs is 1. The summed E-state index contributed by atoms with van der Waals surface area (Å²) in [5.74, 6) is 0.102. The van der Waals surface area contributed by atoms with Crippen LogP contribution in [0.3, 0.4) is 0 Å². The molecule has 3 aromatic rings. The second kappa shape index (κ2) is 8.55. The Morgan fingerprint density at radius 2 is 1.75 bits per heavy atom. The van der Waals surface area contributed by atoms with E-state index in [9.17, 15) is 4.79 Å². The van der Waals surface area contributed by atoms with Crippen LogP contribution in [0, 0.1) is 0 Å². The summed E-state index contributed by atoms with van der Waals surface area (Å²) in [5.41, 5.74) is 2.54. The van der Waals surface area contributed by atoms with Crippen LogP contribution in [0.2, 0.25) is 0 Å². The molecule has 0 bridgehead atoms. The zero-order valence-electron chi connectivity index (χ0n) is 16.3. The van der Waals surface area contributed by atoms with E-state index >= 15 is 0 Å². The molecule has 1 heterocycles. The number of nitrogens with zero attached hydrogens (tertiary/aromatic N) is 1. The Labute approximate surface area is 166 Å². The van der Waals surface area contributed by atoms with Gasteiger partial charge in [0.05, 0.1) is 6.04 Å². The van der Waals surface area contributed by atoms with E-state index in [1.165, 1.54) is 21.9 Å². The van der Waals surface area contributed by atoms with Crippen LogP contribution in [0.5, 0.6) is 0 Å². The minimum atomic E-state index is -0.0878. The monoisotopic (exact) mass is 373 g/mol. The van der Waals surface area contributed by atoms with Gasteiger partial charge >= 0.3 is 0 Å². The van der Waals surface area contributed by atoms with Crippen LogP contribution in [-0.4, -0.2) is 36.5 Å². The first-order valence-corrected chi connectivity index (χ1v) is 9.94. The van der Waals surface area contributed by atoms with Crippen molar-refractivity contribution >= 4 is 16.7 Å². The normalized spacial score (nSPS) is 19.8. The summed E-state index contributed by atoms with van der Waals surface area (Å²) in [7, 11) is 1.72. The second-order valence-electron chi connectivity index (χ2n) is 7.50. The van der Waals surface area contributed by atoms with Crippen molar-refractivity contribution in [3.05, 3.63) is 83.9 Å². The first kappa shape index (κ1) is 18.7. The molecule has 0 aromatic heterocycles. The first-order chi connectivity index (χ1) is 13.7. The molecule has 0 unspecified atom stereocenters. The van der Waals surface area contributed by atoms with Crippen LogP contribution < -0.4 is 10.6 Å². The highest BCUT2D eigenvalue weighted by Gasteiger charge is 2.36. The summed E-state index contributed by atoms with van der Waals surface area (Å²) in [6.07, 6.45) is 0.831. The topological polar surface area (TPSA) is 44.4 Å². The maximum absolute atomic E-state index is 12.4. The fourth-order valence-corrected chi connectivity index (χ4v) is 4.18. The number of carbonyl (C=O) groups excluding carboxylic acids is 1. The summed E-state index contributed by atoms with van der Waals surface area (Å²) >= 11 is 0. The number of carbonyl (C=O) groups is 1. The van der Waals surface area contributed by atoms with Gasteiger partial charge in [-0.05, 0) is 28.3 Å². The van der Waals surface area contributed by atoms with Crippen LogP contribution in [0.15, 0.2) is 72.8 Å². The van der Waals surface area contributed by atoms with Crippen LogP contribution in [0.25, 0.3) is 10.8 Å². The fourth-order valence-electron chi connectivity index (χ4n) is 4.18. The van der Waals surface area contributed by atoms with Crippen molar-refractivity contribution in [3.63, 3.8) is 0 Å². The molecule has 2 N–H and O–H groups in total. The smallest absolute Gasteiger partial charge is 0.237 e. The predicted octanol–water partition coefficient (Wildman–Crippen LogP) is 3.32. The number of amides is 1. The molecule has 28 heavy (non-hydrogen) atoms. The Morgan fingerprint density at radius 1 is 1.00 bits per heavy atom. The number of likely N-dealkylation sites (tertiary alicyclic amines) is 1. The lowest BCUT2D eigenvalue weighted by atomic mass is 10.0. The van der Waals surface area contributed by atoms with E-state index in [2.05, 4.69) is 82.3 Å². The molecule has 1 aliphatic rings. The summed E-state index contributed by atoms with van der Waals surface area (Å²) in [6.45, 7) is 2.48. The molecule has 1 aliphatic heterocycles. The minimum Gasteiger partial charge on any atom is -0.358 e. The van der Waals surface area contributed by atoms with Crippen LogP contribution in [0.1, 0.15) is 17.5 Å². The second-order valence-corrected chi connectivity index (χ2v) is 7.50. The van der Waals surface area contributed by atoms with Crippen molar-refractivity contribution in [2.75, 3.05) is 13.6 Å². The molecule has 3 aromatic carbocycles. The lowest BCUT2D eigenvalue weighted by Gasteiger charge is -2.22. The molecule has 1 amide bonds. The molecule has 0 saturated carbocycles. The molecule has 4 heteroatoms. The van der Waals surface area contributed by atoms with Crippen LogP contribution >= 0.6 is 0 Å². The molecule has 0 radical (unpaired) electrons. The number of nitrogens with one attached hydrogen (secondary N) is 2. The highest BCUT2D eigenvalue weighted by Crippen LogP contribution is 2.23. The molecule has 1 saturated heterocycles. The molecule has 4 nitrogen and oxygen atoms in total. The number of benzene rings is 3. The van der Waals surface area contributed by atoms with Gasteiger partial charge in [0.2, 0.25) is 5.91 Å². The first-order valence-electron chi connectivity index (χ1n) is 9.94. The quantitative estimate of drug-likeness (QED) is 0.697. The average Bonchev–Trinajstić information content (AvgIpc) is 3.15. The Kier molecular flexibility index (Phi) is 5.70. The van der Waals surface area contributed by atoms with Gasteiger partial charge < -0.3 is 10.6 Å². The zero-order chi connectivity index (χ0) is 19.3. The molecule has 0 aliphatic carbocycles. The summed E-state index contributed by atoms with van der Waals surface area (Å²) in [6, 6.07) is 25.5. The fraction of sp³-hybridized carbons (Fsp3) is 0.292. The standard InChI is InChI=1S/C24H27N3O/c1-25-24(28)23-14-21(17-27(23)16-18-8-3-2-4-9-18)26-15-20-12-7-11-19-10-5-6-13-22(19)20/h2-13,21,23,26H,14-17H2,1H3,(H,25,28)/t21-,23+/m1/s1. The summed E-state index contributed by atoms with van der Waals surface area (Å²) < 4.78 is 0. The molecular weight excluding hydrogens is 346 g/mol. The lowest BCUT2D eigenvalue weighted by molar-refractivity contribution is -0.125. The Hall–Kier alpha value is -2.69. The van der Waals surface area contributed by atoms with E-state index in [0.717, 1.165) is 26.1 Å². The Bertz CT molecular complexity index is 935. The van der Waals surface area contributed by atoms with E-state index in [4.69, 9.17) is 0 Å². The van der Waals surface area contributed by atoms with Gasteiger partial charge in [-0.2, -0.15) is 0 Å². The molecule has 0 spiro atoms. The maximum Gasteiger partial charge on any atom is 0.237 e. The minimum absolute atomic E-state index is 0.0878. The summed E-state index contributed by atoms with van der Waals surface area (Å²) in [4.78, 5) is 14.7. The van der Waals surface area contributed by atoms with Gasteiger partial charge in [0.15, 0.2) is 0 Å². The number of hydrogen-bond donors (Lipinski definition) is 2. The van der Waals surface area contributed by atoms with Crippen molar-refractivity contribution in [1.29, 1.82) is 0 Å². The highest BCUT2D eigenvalue weighted by atomic mass is 16.2. The predicted molar refractivity (Wildman–Crippen MR) is 114 cm³/mol. The third-order valence-electron chi connectivity index (χ3n) is 5.64. The molecule has 4 rings (SSSR count). The van der Waals surface area contributed by atoms with Gasteiger partial charge in [-0.3, -0.25) is 9.69 Å². The SMILES string of the molecule is CNC(=O)[C@@H]1C[C@@H](NCc2cccc3ccccc23)CN1Cc1ccccc1. The third kappa shape index (κ3) is 4.08. The number of hydrogen-bond acceptors (Lipinski definition) is 3. The van der Waals surface area contributed by atoms with Crippen molar-refractivity contribution in [3.8, 4) is 0 Å². The zero-order valence-corrected chi connectivity index (χ0v) is 16.3. The van der Waals surface area contributed by atoms with Crippen molar-refractivity contribution in [2.24, 2.45) is 0 Å². The van der Waals surface area contributed by atoms with Gasteiger partial charge in [0.1, 0.15) is 0 Å². The van der Waals surface area contributed by atoms with E-state index in [0.29, 0.717) is 6.04 Å².